The van der Waals surface area contributed by atoms with Crippen LogP contribution in [0.5, 0.6) is 0 Å². The van der Waals surface area contributed by atoms with Crippen molar-refractivity contribution in [3.63, 3.8) is 0 Å². The normalized spacial score (nSPS) is 14.4. The summed E-state index contributed by atoms with van der Waals surface area (Å²) in [6, 6.07) is 17.5. The Morgan fingerprint density at radius 1 is 1.00 bits per heavy atom. The molecule has 1 aromatic heterocycles. The monoisotopic (exact) mass is 531 g/mol. The molecule has 8 heteroatoms. The lowest BCUT2D eigenvalue weighted by Gasteiger charge is -2.14. The molecule has 0 spiro atoms. The maximum absolute atomic E-state index is 13.5. The number of carbonyl (C=O) groups is 2. The highest BCUT2D eigenvalue weighted by Gasteiger charge is 2.23. The van der Waals surface area contributed by atoms with Crippen LogP contribution in [0.3, 0.4) is 0 Å². The molecule has 3 aromatic carbocycles. The van der Waals surface area contributed by atoms with E-state index in [0.29, 0.717) is 47.4 Å². The van der Waals surface area contributed by atoms with Crippen molar-refractivity contribution in [2.45, 2.75) is 44.4 Å². The van der Waals surface area contributed by atoms with Gasteiger partial charge in [0.15, 0.2) is 0 Å². The fourth-order valence-corrected chi connectivity index (χ4v) is 5.14. The number of hydrogen-bond donors (Lipinski definition) is 2. The van der Waals surface area contributed by atoms with Gasteiger partial charge in [0.25, 0.3) is 5.91 Å². The summed E-state index contributed by atoms with van der Waals surface area (Å²) >= 11 is 6.07. The Morgan fingerprint density at radius 2 is 1.82 bits per heavy atom. The van der Waals surface area contributed by atoms with Crippen LogP contribution < -0.4 is 5.32 Å². The van der Waals surface area contributed by atoms with E-state index in [4.69, 9.17) is 26.7 Å². The lowest BCUT2D eigenvalue weighted by molar-refractivity contribution is -0.137. The van der Waals surface area contributed by atoms with Crippen molar-refractivity contribution in [3.05, 3.63) is 93.9 Å². The van der Waals surface area contributed by atoms with Crippen LogP contribution in [0.15, 0.2) is 60.7 Å². The number of benzene rings is 3. The molecule has 2 N–H and O–H groups in total. The van der Waals surface area contributed by atoms with E-state index in [2.05, 4.69) is 5.32 Å². The Bertz CT molecular complexity index is 1510. The highest BCUT2D eigenvalue weighted by Crippen LogP contribution is 2.33. The third-order valence-corrected chi connectivity index (χ3v) is 7.24. The summed E-state index contributed by atoms with van der Waals surface area (Å²) in [5.74, 6) is -1.09. The molecule has 1 aliphatic carbocycles. The number of carboxylic acids is 1. The molecule has 0 saturated heterocycles. The molecule has 1 atom stereocenters. The number of halogens is 2. The molecule has 0 radical (unpaired) electrons. The van der Waals surface area contributed by atoms with E-state index in [9.17, 15) is 14.0 Å². The van der Waals surface area contributed by atoms with E-state index in [1.165, 1.54) is 6.07 Å². The maximum Gasteiger partial charge on any atom is 0.303 e. The highest BCUT2D eigenvalue weighted by molar-refractivity contribution is 6.30. The highest BCUT2D eigenvalue weighted by atomic mass is 35.5. The average molecular weight is 532 g/mol. The summed E-state index contributed by atoms with van der Waals surface area (Å²) in [7, 11) is 0. The van der Waals surface area contributed by atoms with Gasteiger partial charge in [0, 0.05) is 35.0 Å². The van der Waals surface area contributed by atoms with Crippen molar-refractivity contribution in [3.8, 4) is 11.3 Å². The zero-order valence-corrected chi connectivity index (χ0v) is 21.5. The van der Waals surface area contributed by atoms with E-state index in [1.807, 2.05) is 18.2 Å². The molecule has 0 bridgehead atoms. The maximum atomic E-state index is 13.5. The molecular formula is C30H27ClFN3O3. The van der Waals surface area contributed by atoms with E-state index in [0.717, 1.165) is 40.9 Å². The first kappa shape index (κ1) is 25.8. The number of unbranched alkanes of at least 4 members (excludes halogenated alkanes) is 1. The van der Waals surface area contributed by atoms with Crippen molar-refractivity contribution in [2.75, 3.05) is 6.54 Å². The third kappa shape index (κ3) is 5.83. The molecule has 5 rings (SSSR count). The van der Waals surface area contributed by atoms with Crippen LogP contribution in [0, 0.1) is 5.82 Å². The van der Waals surface area contributed by atoms with Crippen LogP contribution in [-0.4, -0.2) is 33.5 Å². The van der Waals surface area contributed by atoms with Crippen molar-refractivity contribution in [2.24, 2.45) is 0 Å². The molecular weight excluding hydrogens is 505 g/mol. The van der Waals surface area contributed by atoms with E-state index >= 15 is 0 Å². The molecule has 1 heterocycles. The molecule has 4 aromatic rings. The number of nitrogens with one attached hydrogen (secondary N) is 1. The van der Waals surface area contributed by atoms with Gasteiger partial charge in [-0.25, -0.2) is 14.4 Å². The largest absolute Gasteiger partial charge is 0.481 e. The Hall–Kier alpha value is -3.84. The van der Waals surface area contributed by atoms with Crippen molar-refractivity contribution in [1.29, 1.82) is 0 Å². The van der Waals surface area contributed by atoms with Gasteiger partial charge in [-0.3, -0.25) is 9.59 Å². The second-order valence-corrected chi connectivity index (χ2v) is 10.1. The minimum absolute atomic E-state index is 0.0992. The SMILES string of the molecule is O=C(O)CCCCc1nc2cc(C(=O)NC[C@@H]3CCc4cc(F)ccc43)ccc2nc1-c1ccc(Cl)cc1. The summed E-state index contributed by atoms with van der Waals surface area (Å²) in [4.78, 5) is 33.6. The molecule has 1 aliphatic rings. The van der Waals surface area contributed by atoms with E-state index in [1.54, 1.807) is 36.4 Å². The molecule has 38 heavy (non-hydrogen) atoms. The molecule has 194 valence electrons. The van der Waals surface area contributed by atoms with Crippen LogP contribution in [-0.2, 0) is 17.6 Å². The van der Waals surface area contributed by atoms with Crippen LogP contribution in [0.1, 0.15) is 58.8 Å². The number of fused-ring (bicyclic) bond motifs is 2. The minimum atomic E-state index is -0.823. The summed E-state index contributed by atoms with van der Waals surface area (Å²) in [5, 5.41) is 12.6. The third-order valence-electron chi connectivity index (χ3n) is 6.99. The Kier molecular flexibility index (Phi) is 7.65. The molecule has 0 saturated carbocycles. The predicted molar refractivity (Wildman–Crippen MR) is 145 cm³/mol. The second-order valence-electron chi connectivity index (χ2n) is 9.62. The number of rotatable bonds is 9. The molecule has 0 fully saturated rings. The Labute approximate surface area is 224 Å². The molecule has 6 nitrogen and oxygen atoms in total. The van der Waals surface area contributed by atoms with Crippen molar-refractivity contribution in [1.82, 2.24) is 15.3 Å². The first-order valence-electron chi connectivity index (χ1n) is 12.7. The zero-order valence-electron chi connectivity index (χ0n) is 20.7. The molecule has 0 unspecified atom stereocenters. The molecule has 0 aliphatic heterocycles. The summed E-state index contributed by atoms with van der Waals surface area (Å²) in [6.45, 7) is 0.478. The number of nitrogens with zero attached hydrogens (tertiary/aromatic N) is 2. The van der Waals surface area contributed by atoms with Gasteiger partial charge in [-0.2, -0.15) is 0 Å². The number of aryl methyl sites for hydroxylation is 2. The predicted octanol–water partition coefficient (Wildman–Crippen LogP) is 6.35. The van der Waals surface area contributed by atoms with Gasteiger partial charge < -0.3 is 10.4 Å². The van der Waals surface area contributed by atoms with Gasteiger partial charge in [-0.05, 0) is 85.7 Å². The number of hydrogen-bond acceptors (Lipinski definition) is 4. The number of carbonyl (C=O) groups excluding carboxylic acids is 1. The zero-order chi connectivity index (χ0) is 26.6. The fraction of sp³-hybridized carbons (Fsp3) is 0.267. The summed E-state index contributed by atoms with van der Waals surface area (Å²) in [5.41, 5.74) is 6.19. The Balaban J connectivity index is 1.36. The van der Waals surface area contributed by atoms with Crippen LogP contribution in [0.2, 0.25) is 5.02 Å². The van der Waals surface area contributed by atoms with Gasteiger partial charge in [0.2, 0.25) is 0 Å². The Morgan fingerprint density at radius 3 is 2.61 bits per heavy atom. The van der Waals surface area contributed by atoms with Gasteiger partial charge in [0.1, 0.15) is 5.82 Å². The quantitative estimate of drug-likeness (QED) is 0.246. The summed E-state index contributed by atoms with van der Waals surface area (Å²) < 4.78 is 13.5. The fourth-order valence-electron chi connectivity index (χ4n) is 5.02. The second kappa shape index (κ2) is 11.3. The standard InChI is InChI=1S/C30H27ClFN3O3/c31-22-10-7-18(8-11-22)29-26(3-1-2-4-28(36)37)34-27-16-20(9-14-25(27)35-29)30(38)33-17-21-6-5-19-15-23(32)12-13-24(19)21/h7-16,21H,1-6,17H2,(H,33,38)(H,36,37)/t21-/m0/s1. The van der Waals surface area contributed by atoms with Gasteiger partial charge in [0.05, 0.1) is 22.4 Å². The first-order chi connectivity index (χ1) is 18.4. The van der Waals surface area contributed by atoms with Gasteiger partial charge in [-0.1, -0.05) is 29.8 Å². The van der Waals surface area contributed by atoms with Crippen molar-refractivity contribution >= 4 is 34.5 Å². The van der Waals surface area contributed by atoms with Crippen molar-refractivity contribution < 1.29 is 19.1 Å². The van der Waals surface area contributed by atoms with E-state index in [-0.39, 0.29) is 24.1 Å². The smallest absolute Gasteiger partial charge is 0.303 e. The lowest BCUT2D eigenvalue weighted by Crippen LogP contribution is -2.27. The van der Waals surface area contributed by atoms with Crippen LogP contribution >= 0.6 is 11.6 Å². The van der Waals surface area contributed by atoms with Crippen LogP contribution in [0.25, 0.3) is 22.3 Å². The number of aliphatic carboxylic acids is 1. The van der Waals surface area contributed by atoms with Crippen LogP contribution in [0.4, 0.5) is 4.39 Å². The number of carboxylic acid groups (broad SMARTS) is 1. The molecule has 1 amide bonds. The number of aromatic nitrogens is 2. The summed E-state index contributed by atoms with van der Waals surface area (Å²) in [6.07, 6.45) is 3.54. The van der Waals surface area contributed by atoms with E-state index < -0.39 is 5.97 Å². The van der Waals surface area contributed by atoms with Gasteiger partial charge in [-0.15, -0.1) is 0 Å². The topological polar surface area (TPSA) is 92.2 Å². The lowest BCUT2D eigenvalue weighted by atomic mass is 10.0. The number of amides is 1. The average Bonchev–Trinajstić information content (AvgIpc) is 3.31. The van der Waals surface area contributed by atoms with Gasteiger partial charge >= 0.3 is 5.97 Å². The first-order valence-corrected chi connectivity index (χ1v) is 13.1. The minimum Gasteiger partial charge on any atom is -0.481 e.